The van der Waals surface area contributed by atoms with Gasteiger partial charge in [0.05, 0.1) is 6.61 Å². The van der Waals surface area contributed by atoms with Crippen LogP contribution in [0.4, 0.5) is 0 Å². The lowest BCUT2D eigenvalue weighted by Gasteiger charge is -2.28. The fourth-order valence-electron chi connectivity index (χ4n) is 2.15. The first-order valence-electron chi connectivity index (χ1n) is 6.42. The van der Waals surface area contributed by atoms with Gasteiger partial charge in [0.1, 0.15) is 0 Å². The minimum absolute atomic E-state index is 0.646. The molecule has 0 aliphatic carbocycles. The normalized spacial score (nSPS) is 18.4. The monoisotopic (exact) mass is 234 g/mol. The quantitative estimate of drug-likeness (QED) is 0.623. The second-order valence-corrected chi connectivity index (χ2v) is 4.87. The molecule has 3 heteroatoms. The number of nitrogens with one attached hydrogen (secondary N) is 1. The fraction of sp³-hybridized carbons (Fsp3) is 0.571. The van der Waals surface area contributed by atoms with Gasteiger partial charge in [0.2, 0.25) is 0 Å². The van der Waals surface area contributed by atoms with Crippen LogP contribution in [0.25, 0.3) is 0 Å². The number of hydrogen-bond acceptors (Lipinski definition) is 3. The zero-order valence-corrected chi connectivity index (χ0v) is 10.6. The molecular weight excluding hydrogens is 212 g/mol. The number of piperidine rings is 1. The molecule has 17 heavy (non-hydrogen) atoms. The van der Waals surface area contributed by atoms with Crippen molar-refractivity contribution in [1.29, 1.82) is 0 Å². The molecule has 94 valence electrons. The summed E-state index contributed by atoms with van der Waals surface area (Å²) in [4.78, 5) is 7.88. The van der Waals surface area contributed by atoms with E-state index in [-0.39, 0.29) is 0 Å². The summed E-state index contributed by atoms with van der Waals surface area (Å²) in [6.45, 7) is 4.05. The Morgan fingerprint density at radius 3 is 2.65 bits per heavy atom. The highest BCUT2D eigenvalue weighted by Crippen LogP contribution is 2.14. The van der Waals surface area contributed by atoms with Crippen LogP contribution in [0.2, 0.25) is 0 Å². The number of likely N-dealkylation sites (tertiary alicyclic amines) is 1. The molecule has 0 radical (unpaired) electrons. The second kappa shape index (κ2) is 6.74. The first kappa shape index (κ1) is 12.6. The third kappa shape index (κ3) is 4.46. The third-order valence-corrected chi connectivity index (χ3v) is 3.39. The standard InChI is InChI=1S/C14H22N2O/c1-16-9-7-13(8-10-16)11-15-17-12-14-5-3-2-4-6-14/h2-6,13,15H,7-12H2,1H3. The van der Waals surface area contributed by atoms with Gasteiger partial charge >= 0.3 is 0 Å². The summed E-state index contributed by atoms with van der Waals surface area (Å²) in [5.74, 6) is 0.766. The molecule has 1 N–H and O–H groups in total. The van der Waals surface area contributed by atoms with Crippen molar-refractivity contribution in [2.45, 2.75) is 19.4 Å². The van der Waals surface area contributed by atoms with Gasteiger partial charge in [-0.25, -0.2) is 5.48 Å². The maximum atomic E-state index is 5.49. The van der Waals surface area contributed by atoms with Gasteiger partial charge in [-0.05, 0) is 44.5 Å². The summed E-state index contributed by atoms with van der Waals surface area (Å²) in [6.07, 6.45) is 2.55. The van der Waals surface area contributed by atoms with Gasteiger partial charge in [-0.3, -0.25) is 4.84 Å². The maximum Gasteiger partial charge on any atom is 0.0933 e. The van der Waals surface area contributed by atoms with Crippen LogP contribution in [0, 0.1) is 5.92 Å². The molecule has 0 saturated carbocycles. The van der Waals surface area contributed by atoms with Gasteiger partial charge in [-0.15, -0.1) is 0 Å². The first-order valence-corrected chi connectivity index (χ1v) is 6.42. The number of rotatable bonds is 5. The Labute approximate surface area is 104 Å². The van der Waals surface area contributed by atoms with Gasteiger partial charge in [-0.2, -0.15) is 0 Å². The van der Waals surface area contributed by atoms with E-state index < -0.39 is 0 Å². The number of nitrogens with zero attached hydrogens (tertiary/aromatic N) is 1. The molecule has 1 aromatic rings. The van der Waals surface area contributed by atoms with Crippen LogP contribution in [0.15, 0.2) is 30.3 Å². The Kier molecular flexibility index (Phi) is 4.98. The Bertz CT molecular complexity index is 307. The third-order valence-electron chi connectivity index (χ3n) is 3.39. The Morgan fingerprint density at radius 2 is 1.94 bits per heavy atom. The van der Waals surface area contributed by atoms with Gasteiger partial charge in [0.15, 0.2) is 0 Å². The smallest absolute Gasteiger partial charge is 0.0933 e. The largest absolute Gasteiger partial charge is 0.306 e. The molecular formula is C14H22N2O. The molecule has 1 aliphatic rings. The van der Waals surface area contributed by atoms with E-state index in [9.17, 15) is 0 Å². The minimum atomic E-state index is 0.646. The zero-order chi connectivity index (χ0) is 11.9. The van der Waals surface area contributed by atoms with E-state index in [0.29, 0.717) is 6.61 Å². The van der Waals surface area contributed by atoms with E-state index in [1.54, 1.807) is 0 Å². The lowest BCUT2D eigenvalue weighted by Crippen LogP contribution is -2.34. The highest BCUT2D eigenvalue weighted by atomic mass is 16.6. The summed E-state index contributed by atoms with van der Waals surface area (Å²) >= 11 is 0. The van der Waals surface area contributed by atoms with Gasteiger partial charge < -0.3 is 4.90 Å². The van der Waals surface area contributed by atoms with E-state index in [0.717, 1.165) is 12.5 Å². The highest BCUT2D eigenvalue weighted by Gasteiger charge is 2.15. The van der Waals surface area contributed by atoms with Crippen LogP contribution in [0.3, 0.4) is 0 Å². The van der Waals surface area contributed by atoms with Crippen molar-refractivity contribution in [3.63, 3.8) is 0 Å². The molecule has 1 aliphatic heterocycles. The van der Waals surface area contributed by atoms with Crippen molar-refractivity contribution < 1.29 is 4.84 Å². The lowest BCUT2D eigenvalue weighted by atomic mass is 9.98. The molecule has 1 heterocycles. The van der Waals surface area contributed by atoms with Crippen molar-refractivity contribution >= 4 is 0 Å². The van der Waals surface area contributed by atoms with Crippen LogP contribution in [0.5, 0.6) is 0 Å². The summed E-state index contributed by atoms with van der Waals surface area (Å²) in [5.41, 5.74) is 4.31. The molecule has 3 nitrogen and oxygen atoms in total. The molecule has 0 unspecified atom stereocenters. The van der Waals surface area contributed by atoms with Crippen LogP contribution < -0.4 is 5.48 Å². The highest BCUT2D eigenvalue weighted by molar-refractivity contribution is 5.13. The summed E-state index contributed by atoms with van der Waals surface area (Å²) in [7, 11) is 2.19. The SMILES string of the molecule is CN1CCC(CNOCc2ccccc2)CC1. The van der Waals surface area contributed by atoms with Crippen molar-refractivity contribution in [3.05, 3.63) is 35.9 Å². The van der Waals surface area contributed by atoms with E-state index in [4.69, 9.17) is 4.84 Å². The topological polar surface area (TPSA) is 24.5 Å². The van der Waals surface area contributed by atoms with Crippen LogP contribution in [-0.2, 0) is 11.4 Å². The molecule has 0 bridgehead atoms. The average molecular weight is 234 g/mol. The fourth-order valence-corrected chi connectivity index (χ4v) is 2.15. The van der Waals surface area contributed by atoms with Gasteiger partial charge in [0.25, 0.3) is 0 Å². The molecule has 1 aromatic carbocycles. The predicted octanol–water partition coefficient (Wildman–Crippen LogP) is 2.05. The van der Waals surface area contributed by atoms with Crippen molar-refractivity contribution in [2.75, 3.05) is 26.7 Å². The predicted molar refractivity (Wildman–Crippen MR) is 69.5 cm³/mol. The van der Waals surface area contributed by atoms with Crippen LogP contribution in [-0.4, -0.2) is 31.6 Å². The summed E-state index contributed by atoms with van der Waals surface area (Å²) < 4.78 is 0. The summed E-state index contributed by atoms with van der Waals surface area (Å²) in [5, 5.41) is 0. The number of benzene rings is 1. The van der Waals surface area contributed by atoms with Crippen molar-refractivity contribution in [3.8, 4) is 0 Å². The molecule has 2 rings (SSSR count). The maximum absolute atomic E-state index is 5.49. The Balaban J connectivity index is 1.57. The van der Waals surface area contributed by atoms with Gasteiger partial charge in [0, 0.05) is 6.54 Å². The van der Waals surface area contributed by atoms with E-state index >= 15 is 0 Å². The lowest BCUT2D eigenvalue weighted by molar-refractivity contribution is 0.0141. The minimum Gasteiger partial charge on any atom is -0.306 e. The Hall–Kier alpha value is -0.900. The summed E-state index contributed by atoms with van der Waals surface area (Å²) in [6, 6.07) is 10.3. The van der Waals surface area contributed by atoms with E-state index in [1.165, 1.54) is 31.5 Å². The van der Waals surface area contributed by atoms with Crippen molar-refractivity contribution in [2.24, 2.45) is 5.92 Å². The zero-order valence-electron chi connectivity index (χ0n) is 10.6. The molecule has 1 fully saturated rings. The van der Waals surface area contributed by atoms with Crippen LogP contribution >= 0.6 is 0 Å². The van der Waals surface area contributed by atoms with Crippen LogP contribution in [0.1, 0.15) is 18.4 Å². The van der Waals surface area contributed by atoms with Gasteiger partial charge in [-0.1, -0.05) is 30.3 Å². The Morgan fingerprint density at radius 1 is 1.24 bits per heavy atom. The number of hydrogen-bond donors (Lipinski definition) is 1. The second-order valence-electron chi connectivity index (χ2n) is 4.87. The molecule has 0 amide bonds. The molecule has 1 saturated heterocycles. The number of hydroxylamine groups is 1. The molecule has 0 aromatic heterocycles. The average Bonchev–Trinajstić information content (AvgIpc) is 2.38. The first-order chi connectivity index (χ1) is 8.34. The molecule has 0 atom stereocenters. The molecule has 0 spiro atoms. The van der Waals surface area contributed by atoms with Crippen molar-refractivity contribution in [1.82, 2.24) is 10.4 Å². The van der Waals surface area contributed by atoms with E-state index in [1.807, 2.05) is 18.2 Å². The van der Waals surface area contributed by atoms with E-state index in [2.05, 4.69) is 29.6 Å².